The molecular formula is C72H138N2O6P+. The molecule has 0 saturated heterocycles. The van der Waals surface area contributed by atoms with E-state index >= 15 is 0 Å². The first-order chi connectivity index (χ1) is 39.5. The van der Waals surface area contributed by atoms with Crippen LogP contribution in [0.4, 0.5) is 0 Å². The maximum atomic E-state index is 13.1. The number of quaternary nitrogens is 1. The van der Waals surface area contributed by atoms with Gasteiger partial charge in [-0.2, -0.15) is 0 Å². The molecule has 0 aliphatic carbocycles. The summed E-state index contributed by atoms with van der Waals surface area (Å²) in [5.41, 5.74) is 0. The summed E-state index contributed by atoms with van der Waals surface area (Å²) in [6, 6.07) is -0.763. The van der Waals surface area contributed by atoms with Crippen molar-refractivity contribution in [1.82, 2.24) is 5.32 Å². The Labute approximate surface area is 504 Å². The molecule has 0 saturated carbocycles. The fourth-order valence-corrected chi connectivity index (χ4v) is 11.3. The van der Waals surface area contributed by atoms with Crippen molar-refractivity contribution >= 4 is 13.7 Å². The normalized spacial score (nSPS) is 14.0. The Balaban J connectivity index is 4.01. The van der Waals surface area contributed by atoms with Gasteiger partial charge in [0, 0.05) is 6.42 Å². The number of rotatable bonds is 65. The number of nitrogens with zero attached hydrogens (tertiary/aromatic N) is 1. The van der Waals surface area contributed by atoms with Crippen LogP contribution in [0.3, 0.4) is 0 Å². The van der Waals surface area contributed by atoms with Crippen molar-refractivity contribution in [1.29, 1.82) is 0 Å². The zero-order chi connectivity index (χ0) is 59.1. The highest BCUT2D eigenvalue weighted by molar-refractivity contribution is 7.47. The summed E-state index contributed by atoms with van der Waals surface area (Å²) in [5.74, 6) is -0.139. The summed E-state index contributed by atoms with van der Waals surface area (Å²) in [7, 11) is 1.63. The lowest BCUT2D eigenvalue weighted by molar-refractivity contribution is -0.870. The molecule has 3 atom stereocenters. The standard InChI is InChI=1S/C72H137N2O6P/c1-6-8-10-12-14-16-18-20-22-24-26-28-30-32-34-35-36-37-38-39-40-42-44-46-48-50-52-54-56-58-60-62-64-66-72(76)73-70(69-80-81(77,78)79-68-67-74(3,4)5)71(75)65-63-61-59-57-55-53-51-49-47-45-43-41-33-31-29-27-25-23-21-19-17-15-13-11-9-7-2/h8,10,14,16,20,22,26,28,32,34,70-71,75H,6-7,9,11-13,15,17-19,21,23-25,27,29-31,33,35-69H2,1-5H3,(H-,73,76,77,78)/p+1/b10-8-,16-14-,22-20-,28-26-,34-32-. The molecule has 0 fully saturated rings. The zero-order valence-electron chi connectivity index (χ0n) is 54.5. The second-order valence-electron chi connectivity index (χ2n) is 25.2. The summed E-state index contributed by atoms with van der Waals surface area (Å²) in [6.45, 7) is 4.82. The number of likely N-dealkylation sites (N-methyl/N-ethyl adjacent to an activating group) is 1. The van der Waals surface area contributed by atoms with Gasteiger partial charge in [0.2, 0.25) is 5.91 Å². The van der Waals surface area contributed by atoms with Gasteiger partial charge in [0.05, 0.1) is 39.9 Å². The number of aliphatic hydroxyl groups excluding tert-OH is 1. The lowest BCUT2D eigenvalue weighted by Gasteiger charge is -2.26. The highest BCUT2D eigenvalue weighted by atomic mass is 31.2. The number of hydrogen-bond acceptors (Lipinski definition) is 5. The Hall–Kier alpha value is -1.80. The average molecular weight is 1160 g/mol. The molecule has 0 aliphatic heterocycles. The molecule has 9 heteroatoms. The van der Waals surface area contributed by atoms with E-state index in [1.54, 1.807) is 0 Å². The van der Waals surface area contributed by atoms with E-state index in [9.17, 15) is 19.4 Å². The lowest BCUT2D eigenvalue weighted by atomic mass is 10.0. The van der Waals surface area contributed by atoms with Gasteiger partial charge in [0.1, 0.15) is 13.2 Å². The minimum Gasteiger partial charge on any atom is -0.391 e. The molecule has 0 bridgehead atoms. The summed E-state index contributed by atoms with van der Waals surface area (Å²) in [5, 5.41) is 14.2. The van der Waals surface area contributed by atoms with Crippen molar-refractivity contribution in [2.45, 2.75) is 353 Å². The third-order valence-electron chi connectivity index (χ3n) is 16.0. The molecule has 0 aliphatic rings. The van der Waals surface area contributed by atoms with E-state index in [-0.39, 0.29) is 19.1 Å². The van der Waals surface area contributed by atoms with E-state index < -0.39 is 20.0 Å². The molecule has 0 aromatic rings. The Kier molecular flexibility index (Phi) is 61.3. The highest BCUT2D eigenvalue weighted by Gasteiger charge is 2.28. The lowest BCUT2D eigenvalue weighted by Crippen LogP contribution is -2.46. The smallest absolute Gasteiger partial charge is 0.391 e. The first kappa shape index (κ1) is 79.2. The number of phosphoric ester groups is 1. The minimum atomic E-state index is -4.33. The quantitative estimate of drug-likeness (QED) is 0.0243. The van der Waals surface area contributed by atoms with Crippen molar-refractivity contribution in [2.24, 2.45) is 0 Å². The molecule has 0 aromatic heterocycles. The van der Waals surface area contributed by atoms with Crippen LogP contribution in [0.15, 0.2) is 60.8 Å². The number of unbranched alkanes of at least 4 members (excludes halogenated alkanes) is 42. The monoisotopic (exact) mass is 1160 g/mol. The zero-order valence-corrected chi connectivity index (χ0v) is 55.4. The maximum absolute atomic E-state index is 13.1. The van der Waals surface area contributed by atoms with Crippen molar-refractivity contribution in [2.75, 3.05) is 40.9 Å². The molecule has 3 unspecified atom stereocenters. The molecule has 1 amide bonds. The van der Waals surface area contributed by atoms with Crippen LogP contribution in [0.2, 0.25) is 0 Å². The first-order valence-corrected chi connectivity index (χ1v) is 36.6. The maximum Gasteiger partial charge on any atom is 0.472 e. The number of aliphatic hydroxyl groups is 1. The number of phosphoric acid groups is 1. The van der Waals surface area contributed by atoms with Crippen LogP contribution in [-0.2, 0) is 18.4 Å². The molecule has 0 aromatic carbocycles. The Morgan fingerprint density at radius 3 is 1.09 bits per heavy atom. The fraction of sp³-hybridized carbons (Fsp3) is 0.847. The molecule has 0 rings (SSSR count). The number of nitrogens with one attached hydrogen (secondary N) is 1. The van der Waals surface area contributed by atoms with E-state index in [1.165, 1.54) is 244 Å². The van der Waals surface area contributed by atoms with E-state index in [1.807, 2.05) is 21.1 Å². The van der Waals surface area contributed by atoms with Crippen LogP contribution in [0, 0.1) is 0 Å². The van der Waals surface area contributed by atoms with Gasteiger partial charge in [-0.1, -0.05) is 338 Å². The Morgan fingerprint density at radius 1 is 0.432 bits per heavy atom. The summed E-state index contributed by atoms with van der Waals surface area (Å²) >= 11 is 0. The molecule has 476 valence electrons. The van der Waals surface area contributed by atoms with Gasteiger partial charge in [-0.3, -0.25) is 13.8 Å². The number of amides is 1. The van der Waals surface area contributed by atoms with Gasteiger partial charge in [-0.05, 0) is 57.8 Å². The third kappa shape index (κ3) is 65.6. The third-order valence-corrected chi connectivity index (χ3v) is 17.0. The summed E-state index contributed by atoms with van der Waals surface area (Å²) in [6.07, 6.45) is 86.1. The highest BCUT2D eigenvalue weighted by Crippen LogP contribution is 2.43. The minimum absolute atomic E-state index is 0.0751. The molecule has 0 radical (unpaired) electrons. The topological polar surface area (TPSA) is 105 Å². The van der Waals surface area contributed by atoms with E-state index in [0.29, 0.717) is 23.9 Å². The molecular weight excluding hydrogens is 1020 g/mol. The number of carbonyl (C=O) groups is 1. The fourth-order valence-electron chi connectivity index (χ4n) is 10.6. The largest absolute Gasteiger partial charge is 0.472 e. The van der Waals surface area contributed by atoms with Crippen LogP contribution >= 0.6 is 7.82 Å². The average Bonchev–Trinajstić information content (AvgIpc) is 3.43. The SMILES string of the molecule is CC/C=C\C/C=C\C/C=C\C/C=C\C/C=C\CCCCCCCCCCCCCCCCCCCC(=O)NC(COP(=O)(O)OCC[N+](C)(C)C)C(O)CCCCCCCCCCCCCCCCCCCCCCCCCCCC. The molecule has 0 spiro atoms. The van der Waals surface area contributed by atoms with Crippen molar-refractivity contribution in [3.8, 4) is 0 Å². The van der Waals surface area contributed by atoms with Crippen molar-refractivity contribution < 1.29 is 32.9 Å². The number of carbonyl (C=O) groups excluding carboxylic acids is 1. The van der Waals surface area contributed by atoms with Crippen LogP contribution < -0.4 is 5.32 Å². The summed E-state index contributed by atoms with van der Waals surface area (Å²) < 4.78 is 23.9. The second kappa shape index (κ2) is 62.7. The van der Waals surface area contributed by atoms with Crippen LogP contribution in [-0.4, -0.2) is 73.4 Å². The van der Waals surface area contributed by atoms with Gasteiger partial charge in [0.15, 0.2) is 0 Å². The molecule has 8 nitrogen and oxygen atoms in total. The van der Waals surface area contributed by atoms with Crippen LogP contribution in [0.25, 0.3) is 0 Å². The molecule has 3 N–H and O–H groups in total. The van der Waals surface area contributed by atoms with E-state index in [2.05, 4.69) is 79.9 Å². The first-order valence-electron chi connectivity index (χ1n) is 35.2. The van der Waals surface area contributed by atoms with Crippen molar-refractivity contribution in [3.05, 3.63) is 60.8 Å². The van der Waals surface area contributed by atoms with Gasteiger partial charge in [-0.15, -0.1) is 0 Å². The predicted molar refractivity (Wildman–Crippen MR) is 355 cm³/mol. The van der Waals surface area contributed by atoms with Gasteiger partial charge in [0.25, 0.3) is 0 Å². The van der Waals surface area contributed by atoms with Crippen LogP contribution in [0.1, 0.15) is 341 Å². The number of hydrogen-bond donors (Lipinski definition) is 3. The van der Waals surface area contributed by atoms with Gasteiger partial charge >= 0.3 is 7.82 Å². The van der Waals surface area contributed by atoms with Gasteiger partial charge in [-0.25, -0.2) is 4.57 Å². The van der Waals surface area contributed by atoms with Crippen LogP contribution in [0.5, 0.6) is 0 Å². The Morgan fingerprint density at radius 2 is 0.741 bits per heavy atom. The predicted octanol–water partition coefficient (Wildman–Crippen LogP) is 22.4. The molecule has 0 heterocycles. The van der Waals surface area contributed by atoms with Crippen molar-refractivity contribution in [3.63, 3.8) is 0 Å². The molecule has 81 heavy (non-hydrogen) atoms. The number of allylic oxidation sites excluding steroid dienone is 10. The summed E-state index contributed by atoms with van der Waals surface area (Å²) in [4.78, 5) is 23.5. The second-order valence-corrected chi connectivity index (χ2v) is 26.7. The Bertz CT molecular complexity index is 1500. The van der Waals surface area contributed by atoms with E-state index in [0.717, 1.165) is 70.6 Å². The van der Waals surface area contributed by atoms with E-state index in [4.69, 9.17) is 9.05 Å². The van der Waals surface area contributed by atoms with Gasteiger partial charge < -0.3 is 19.8 Å².